The quantitative estimate of drug-likeness (QED) is 0.536. The molecule has 0 spiro atoms. The SMILES string of the molecule is C=CCN(C(=O)c1ccc(OCC(=O)N2C(C)CCCC2C)cc1)c1nc2c(s1)CCCC2. The molecule has 1 aliphatic heterocycles. The monoisotopic (exact) mass is 467 g/mol. The molecule has 176 valence electrons. The van der Waals surface area contributed by atoms with Crippen LogP contribution in [0.4, 0.5) is 5.13 Å². The van der Waals surface area contributed by atoms with E-state index in [4.69, 9.17) is 9.72 Å². The van der Waals surface area contributed by atoms with Crippen LogP contribution in [0, 0.1) is 0 Å². The second-order valence-corrected chi connectivity index (χ2v) is 10.1. The number of aryl methyl sites for hydroxylation is 2. The third kappa shape index (κ3) is 5.29. The molecule has 1 saturated heterocycles. The van der Waals surface area contributed by atoms with Gasteiger partial charge in [-0.05, 0) is 83.1 Å². The summed E-state index contributed by atoms with van der Waals surface area (Å²) in [6, 6.07) is 7.50. The Hall–Kier alpha value is -2.67. The van der Waals surface area contributed by atoms with Crippen LogP contribution in [-0.4, -0.2) is 46.9 Å². The van der Waals surface area contributed by atoms with Crippen LogP contribution in [0.1, 0.15) is 66.9 Å². The summed E-state index contributed by atoms with van der Waals surface area (Å²) < 4.78 is 5.76. The molecule has 0 N–H and O–H groups in total. The maximum Gasteiger partial charge on any atom is 0.260 e. The molecule has 7 heteroatoms. The van der Waals surface area contributed by atoms with Crippen molar-refractivity contribution in [1.29, 1.82) is 0 Å². The molecule has 4 rings (SSSR count). The van der Waals surface area contributed by atoms with E-state index < -0.39 is 0 Å². The van der Waals surface area contributed by atoms with Gasteiger partial charge in [-0.1, -0.05) is 6.08 Å². The van der Waals surface area contributed by atoms with Crippen molar-refractivity contribution in [2.24, 2.45) is 0 Å². The Balaban J connectivity index is 1.41. The zero-order valence-electron chi connectivity index (χ0n) is 19.6. The number of anilines is 1. The first kappa shape index (κ1) is 23.5. The number of hydrogen-bond acceptors (Lipinski definition) is 5. The molecular weight excluding hydrogens is 434 g/mol. The van der Waals surface area contributed by atoms with Crippen molar-refractivity contribution in [2.45, 2.75) is 70.9 Å². The van der Waals surface area contributed by atoms with E-state index in [1.165, 1.54) is 11.3 Å². The number of amides is 2. The van der Waals surface area contributed by atoms with Gasteiger partial charge < -0.3 is 9.64 Å². The average molecular weight is 468 g/mol. The molecule has 1 aromatic heterocycles. The van der Waals surface area contributed by atoms with Gasteiger partial charge in [0, 0.05) is 29.1 Å². The highest BCUT2D eigenvalue weighted by molar-refractivity contribution is 7.16. The molecule has 1 fully saturated rings. The minimum Gasteiger partial charge on any atom is -0.484 e. The highest BCUT2D eigenvalue weighted by Crippen LogP contribution is 2.32. The normalized spacial score (nSPS) is 20.1. The van der Waals surface area contributed by atoms with Gasteiger partial charge in [0.2, 0.25) is 0 Å². The second kappa shape index (κ2) is 10.5. The van der Waals surface area contributed by atoms with E-state index in [1.54, 1.807) is 46.6 Å². The van der Waals surface area contributed by atoms with Gasteiger partial charge in [-0.25, -0.2) is 4.98 Å². The molecule has 33 heavy (non-hydrogen) atoms. The maximum atomic E-state index is 13.2. The maximum absolute atomic E-state index is 13.2. The molecule has 0 saturated carbocycles. The van der Waals surface area contributed by atoms with Gasteiger partial charge in [0.05, 0.1) is 5.69 Å². The van der Waals surface area contributed by atoms with Gasteiger partial charge in [-0.2, -0.15) is 0 Å². The van der Waals surface area contributed by atoms with Crippen LogP contribution in [0.15, 0.2) is 36.9 Å². The molecule has 1 aliphatic carbocycles. The lowest BCUT2D eigenvalue weighted by Crippen LogP contribution is -2.49. The van der Waals surface area contributed by atoms with Crippen LogP contribution in [0.3, 0.4) is 0 Å². The van der Waals surface area contributed by atoms with Crippen molar-refractivity contribution in [2.75, 3.05) is 18.1 Å². The Morgan fingerprint density at radius 1 is 1.15 bits per heavy atom. The van der Waals surface area contributed by atoms with E-state index in [-0.39, 0.29) is 30.5 Å². The lowest BCUT2D eigenvalue weighted by Gasteiger charge is -2.38. The first-order valence-corrected chi connectivity index (χ1v) is 12.7. The fraction of sp³-hybridized carbons (Fsp3) is 0.500. The Bertz CT molecular complexity index is 967. The van der Waals surface area contributed by atoms with Crippen LogP contribution in [-0.2, 0) is 17.6 Å². The first-order valence-electron chi connectivity index (χ1n) is 11.9. The number of rotatable bonds is 7. The molecule has 2 heterocycles. The number of benzene rings is 1. The van der Waals surface area contributed by atoms with E-state index in [9.17, 15) is 9.59 Å². The van der Waals surface area contributed by atoms with Crippen molar-refractivity contribution in [3.05, 3.63) is 53.1 Å². The van der Waals surface area contributed by atoms with Gasteiger partial charge in [-0.3, -0.25) is 14.5 Å². The molecule has 6 nitrogen and oxygen atoms in total. The van der Waals surface area contributed by atoms with Crippen LogP contribution < -0.4 is 9.64 Å². The molecule has 0 bridgehead atoms. The predicted molar refractivity (Wildman–Crippen MR) is 132 cm³/mol. The number of fused-ring (bicyclic) bond motifs is 1. The minimum atomic E-state index is -0.111. The van der Waals surface area contributed by atoms with E-state index in [0.29, 0.717) is 17.9 Å². The van der Waals surface area contributed by atoms with Crippen LogP contribution in [0.5, 0.6) is 5.75 Å². The van der Waals surface area contributed by atoms with Crippen LogP contribution >= 0.6 is 11.3 Å². The summed E-state index contributed by atoms with van der Waals surface area (Å²) in [6.45, 7) is 8.43. The molecular formula is C26H33N3O3S. The third-order valence-corrected chi connectivity index (χ3v) is 7.75. The number of likely N-dealkylation sites (tertiary alicyclic amines) is 1. The lowest BCUT2D eigenvalue weighted by molar-refractivity contribution is -0.139. The summed E-state index contributed by atoms with van der Waals surface area (Å²) in [5.74, 6) is 0.483. The molecule has 2 aliphatic rings. The fourth-order valence-corrected chi connectivity index (χ4v) is 5.97. The Morgan fingerprint density at radius 3 is 2.52 bits per heavy atom. The van der Waals surface area contributed by atoms with E-state index in [2.05, 4.69) is 20.4 Å². The number of ether oxygens (including phenoxy) is 1. The van der Waals surface area contributed by atoms with Crippen molar-refractivity contribution in [1.82, 2.24) is 9.88 Å². The van der Waals surface area contributed by atoms with Crippen molar-refractivity contribution in [3.8, 4) is 5.75 Å². The highest BCUT2D eigenvalue weighted by atomic mass is 32.1. The zero-order valence-corrected chi connectivity index (χ0v) is 20.4. The standard InChI is InChI=1S/C26H33N3O3S/c1-4-16-28(26-27-22-10-5-6-11-23(22)33-26)25(31)20-12-14-21(15-13-20)32-17-24(30)29-18(2)8-7-9-19(29)3/h4,12-15,18-19H,1,5-11,16-17H2,2-3H3. The summed E-state index contributed by atoms with van der Waals surface area (Å²) in [5.41, 5.74) is 1.69. The molecule has 1 aromatic carbocycles. The predicted octanol–water partition coefficient (Wildman–Crippen LogP) is 5.02. The van der Waals surface area contributed by atoms with Crippen molar-refractivity contribution >= 4 is 28.3 Å². The Kier molecular flexibility index (Phi) is 7.48. The summed E-state index contributed by atoms with van der Waals surface area (Å²) in [4.78, 5) is 35.6. The van der Waals surface area contributed by atoms with Gasteiger partial charge in [0.1, 0.15) is 5.75 Å². The van der Waals surface area contributed by atoms with Crippen molar-refractivity contribution in [3.63, 3.8) is 0 Å². The average Bonchev–Trinajstić information content (AvgIpc) is 3.25. The smallest absolute Gasteiger partial charge is 0.260 e. The van der Waals surface area contributed by atoms with Gasteiger partial charge in [-0.15, -0.1) is 17.9 Å². The van der Waals surface area contributed by atoms with Gasteiger partial charge >= 0.3 is 0 Å². The first-order chi connectivity index (χ1) is 16.0. The highest BCUT2D eigenvalue weighted by Gasteiger charge is 2.29. The molecule has 2 atom stereocenters. The zero-order chi connectivity index (χ0) is 23.4. The number of aromatic nitrogens is 1. The number of piperidine rings is 1. The number of hydrogen-bond donors (Lipinski definition) is 0. The number of carbonyl (C=O) groups excluding carboxylic acids is 2. The molecule has 0 radical (unpaired) electrons. The van der Waals surface area contributed by atoms with Crippen molar-refractivity contribution < 1.29 is 14.3 Å². The number of carbonyl (C=O) groups is 2. The van der Waals surface area contributed by atoms with E-state index in [0.717, 1.165) is 49.4 Å². The Morgan fingerprint density at radius 2 is 1.85 bits per heavy atom. The molecule has 2 amide bonds. The fourth-order valence-electron chi connectivity index (χ4n) is 4.81. The number of nitrogens with zero attached hydrogens (tertiary/aromatic N) is 3. The minimum absolute atomic E-state index is 0.00916. The Labute approximate surface area is 200 Å². The third-order valence-electron chi connectivity index (χ3n) is 6.57. The summed E-state index contributed by atoms with van der Waals surface area (Å²) >= 11 is 1.61. The second-order valence-electron chi connectivity index (χ2n) is 9.02. The molecule has 2 unspecified atom stereocenters. The van der Waals surface area contributed by atoms with Gasteiger partial charge in [0.15, 0.2) is 11.7 Å². The van der Waals surface area contributed by atoms with Crippen LogP contribution in [0.25, 0.3) is 0 Å². The van der Waals surface area contributed by atoms with E-state index >= 15 is 0 Å². The van der Waals surface area contributed by atoms with Crippen LogP contribution in [0.2, 0.25) is 0 Å². The molecule has 2 aromatic rings. The summed E-state index contributed by atoms with van der Waals surface area (Å²) in [6.07, 6.45) is 9.34. The summed E-state index contributed by atoms with van der Waals surface area (Å²) in [5, 5.41) is 0.738. The summed E-state index contributed by atoms with van der Waals surface area (Å²) in [7, 11) is 0. The van der Waals surface area contributed by atoms with Gasteiger partial charge in [0.25, 0.3) is 11.8 Å². The van der Waals surface area contributed by atoms with E-state index in [1.807, 2.05) is 4.90 Å². The topological polar surface area (TPSA) is 62.7 Å². The lowest BCUT2D eigenvalue weighted by atomic mass is 9.97. The number of thiazole rings is 1. The largest absolute Gasteiger partial charge is 0.484 e.